The molecule has 3 rings (SSSR count). The van der Waals surface area contributed by atoms with Gasteiger partial charge in [-0.2, -0.15) is 5.10 Å². The van der Waals surface area contributed by atoms with E-state index in [0.717, 1.165) is 36.8 Å². The summed E-state index contributed by atoms with van der Waals surface area (Å²) < 4.78 is 0. The maximum absolute atomic E-state index is 12.2. The molecular formula is C15H18N4O2. The van der Waals surface area contributed by atoms with Crippen LogP contribution >= 0.6 is 0 Å². The summed E-state index contributed by atoms with van der Waals surface area (Å²) in [5, 5.41) is 10.5. The number of aromatic nitrogens is 2. The minimum absolute atomic E-state index is 0.118. The molecule has 2 N–H and O–H groups in total. The number of carbonyl (C=O) groups is 2. The van der Waals surface area contributed by atoms with Crippen LogP contribution in [-0.4, -0.2) is 46.5 Å². The normalized spacial score (nSPS) is 14.6. The lowest BCUT2D eigenvalue weighted by molar-refractivity contribution is -0.129. The minimum Gasteiger partial charge on any atom is -0.351 e. The summed E-state index contributed by atoms with van der Waals surface area (Å²) in [6.45, 7) is 2.05. The molecule has 0 bridgehead atoms. The Labute approximate surface area is 122 Å². The van der Waals surface area contributed by atoms with E-state index < -0.39 is 0 Å². The molecular weight excluding hydrogens is 268 g/mol. The average molecular weight is 286 g/mol. The van der Waals surface area contributed by atoms with Gasteiger partial charge in [0, 0.05) is 31.4 Å². The molecule has 21 heavy (non-hydrogen) atoms. The largest absolute Gasteiger partial charge is 0.351 e. The highest BCUT2D eigenvalue weighted by molar-refractivity contribution is 6.05. The third kappa shape index (κ3) is 2.89. The molecule has 1 aliphatic heterocycles. The third-order valence-corrected chi connectivity index (χ3v) is 3.80. The van der Waals surface area contributed by atoms with Gasteiger partial charge in [0.05, 0.1) is 17.3 Å². The predicted octanol–water partition coefficient (Wildman–Crippen LogP) is 1.31. The summed E-state index contributed by atoms with van der Waals surface area (Å²) >= 11 is 0. The number of hydrogen-bond donors (Lipinski definition) is 2. The Bertz CT molecular complexity index is 658. The van der Waals surface area contributed by atoms with Crippen LogP contribution in [0.15, 0.2) is 24.4 Å². The number of carbonyl (C=O) groups excluding carboxylic acids is 2. The smallest absolute Gasteiger partial charge is 0.253 e. The highest BCUT2D eigenvalue weighted by Gasteiger charge is 2.18. The van der Waals surface area contributed by atoms with Gasteiger partial charge in [0.15, 0.2) is 0 Å². The standard InChI is InChI=1S/C15H18N4O2/c20-13(19-8-1-2-9-19)6-7-16-15(21)12-5-3-4-11-10-17-18-14(11)12/h3-5,10H,1-2,6-9H2,(H,16,21)(H,17,18). The first-order valence-electron chi connectivity index (χ1n) is 7.24. The van der Waals surface area contributed by atoms with Crippen LogP contribution in [0.4, 0.5) is 0 Å². The van der Waals surface area contributed by atoms with E-state index in [2.05, 4.69) is 15.5 Å². The molecule has 0 unspecified atom stereocenters. The molecule has 0 saturated carbocycles. The van der Waals surface area contributed by atoms with Crippen molar-refractivity contribution in [3.05, 3.63) is 30.0 Å². The Morgan fingerprint density at radius 1 is 1.29 bits per heavy atom. The van der Waals surface area contributed by atoms with Crippen molar-refractivity contribution in [3.8, 4) is 0 Å². The summed E-state index contributed by atoms with van der Waals surface area (Å²) in [6.07, 6.45) is 4.20. The van der Waals surface area contributed by atoms with Crippen molar-refractivity contribution in [3.63, 3.8) is 0 Å². The zero-order chi connectivity index (χ0) is 14.7. The topological polar surface area (TPSA) is 78.1 Å². The van der Waals surface area contributed by atoms with Crippen LogP contribution in [0.2, 0.25) is 0 Å². The second-order valence-electron chi connectivity index (χ2n) is 5.23. The molecule has 1 aromatic heterocycles. The summed E-state index contributed by atoms with van der Waals surface area (Å²) in [7, 11) is 0. The Kier molecular flexibility index (Phi) is 3.85. The summed E-state index contributed by atoms with van der Waals surface area (Å²) in [4.78, 5) is 25.9. The molecule has 1 fully saturated rings. The van der Waals surface area contributed by atoms with Crippen LogP contribution in [0.5, 0.6) is 0 Å². The van der Waals surface area contributed by atoms with Gasteiger partial charge in [-0.15, -0.1) is 0 Å². The number of H-pyrrole nitrogens is 1. The number of nitrogens with one attached hydrogen (secondary N) is 2. The molecule has 0 spiro atoms. The second kappa shape index (κ2) is 5.95. The van der Waals surface area contributed by atoms with Gasteiger partial charge in [0.1, 0.15) is 0 Å². The maximum Gasteiger partial charge on any atom is 0.253 e. The highest BCUT2D eigenvalue weighted by atomic mass is 16.2. The molecule has 1 aromatic carbocycles. The van der Waals surface area contributed by atoms with Gasteiger partial charge in [-0.3, -0.25) is 14.7 Å². The van der Waals surface area contributed by atoms with Crippen molar-refractivity contribution in [2.24, 2.45) is 0 Å². The molecule has 0 radical (unpaired) electrons. The number of aromatic amines is 1. The van der Waals surface area contributed by atoms with Gasteiger partial charge in [-0.25, -0.2) is 0 Å². The van der Waals surface area contributed by atoms with Gasteiger partial charge in [0.25, 0.3) is 5.91 Å². The number of para-hydroxylation sites is 1. The van der Waals surface area contributed by atoms with Crippen LogP contribution in [0.3, 0.4) is 0 Å². The molecule has 0 aliphatic carbocycles. The monoisotopic (exact) mass is 286 g/mol. The Morgan fingerprint density at radius 2 is 2.10 bits per heavy atom. The summed E-state index contributed by atoms with van der Waals surface area (Å²) in [6, 6.07) is 5.47. The first-order chi connectivity index (χ1) is 10.3. The van der Waals surface area contributed by atoms with Gasteiger partial charge in [0.2, 0.25) is 5.91 Å². The number of benzene rings is 1. The van der Waals surface area contributed by atoms with E-state index in [0.29, 0.717) is 18.5 Å². The van der Waals surface area contributed by atoms with E-state index in [1.54, 1.807) is 12.3 Å². The quantitative estimate of drug-likeness (QED) is 0.889. The molecule has 6 nitrogen and oxygen atoms in total. The first kappa shape index (κ1) is 13.6. The Morgan fingerprint density at radius 3 is 2.90 bits per heavy atom. The van der Waals surface area contributed by atoms with Gasteiger partial charge < -0.3 is 10.2 Å². The fraction of sp³-hybridized carbons (Fsp3) is 0.400. The van der Waals surface area contributed by atoms with Gasteiger partial charge >= 0.3 is 0 Å². The lowest BCUT2D eigenvalue weighted by atomic mass is 10.1. The van der Waals surface area contributed by atoms with E-state index in [-0.39, 0.29) is 11.8 Å². The van der Waals surface area contributed by atoms with Crippen LogP contribution in [0.25, 0.3) is 10.9 Å². The fourth-order valence-electron chi connectivity index (χ4n) is 2.66. The van der Waals surface area contributed by atoms with E-state index in [9.17, 15) is 9.59 Å². The van der Waals surface area contributed by atoms with Crippen LogP contribution in [0.1, 0.15) is 29.6 Å². The molecule has 2 heterocycles. The molecule has 0 atom stereocenters. The van der Waals surface area contributed by atoms with Crippen LogP contribution in [-0.2, 0) is 4.79 Å². The van der Waals surface area contributed by atoms with Crippen LogP contribution in [0, 0.1) is 0 Å². The number of hydrogen-bond acceptors (Lipinski definition) is 3. The number of rotatable bonds is 4. The van der Waals surface area contributed by atoms with E-state index >= 15 is 0 Å². The number of fused-ring (bicyclic) bond motifs is 1. The third-order valence-electron chi connectivity index (χ3n) is 3.80. The molecule has 2 aromatic rings. The minimum atomic E-state index is -0.181. The van der Waals surface area contributed by atoms with Gasteiger partial charge in [-0.1, -0.05) is 12.1 Å². The highest BCUT2D eigenvalue weighted by Crippen LogP contribution is 2.15. The zero-order valence-electron chi connectivity index (χ0n) is 11.8. The fourth-order valence-corrected chi connectivity index (χ4v) is 2.66. The average Bonchev–Trinajstić information content (AvgIpc) is 3.17. The molecule has 110 valence electrons. The van der Waals surface area contributed by atoms with Crippen molar-refractivity contribution in [1.82, 2.24) is 20.4 Å². The summed E-state index contributed by atoms with van der Waals surface area (Å²) in [5.41, 5.74) is 1.28. The SMILES string of the molecule is O=C(NCCC(=O)N1CCCC1)c1cccc2cn[nH]c12. The predicted molar refractivity (Wildman–Crippen MR) is 78.9 cm³/mol. The lowest BCUT2D eigenvalue weighted by Crippen LogP contribution is -2.32. The van der Waals surface area contributed by atoms with Crippen molar-refractivity contribution >= 4 is 22.7 Å². The molecule has 6 heteroatoms. The first-order valence-corrected chi connectivity index (χ1v) is 7.24. The van der Waals surface area contributed by atoms with E-state index in [1.807, 2.05) is 17.0 Å². The van der Waals surface area contributed by atoms with Crippen molar-refractivity contribution in [2.75, 3.05) is 19.6 Å². The Hall–Kier alpha value is -2.37. The second-order valence-corrected chi connectivity index (χ2v) is 5.23. The number of nitrogens with zero attached hydrogens (tertiary/aromatic N) is 2. The van der Waals surface area contributed by atoms with Crippen molar-refractivity contribution in [1.29, 1.82) is 0 Å². The van der Waals surface area contributed by atoms with E-state index in [1.165, 1.54) is 0 Å². The number of amides is 2. The van der Waals surface area contributed by atoms with Crippen LogP contribution < -0.4 is 5.32 Å². The Balaban J connectivity index is 1.57. The molecule has 1 aliphatic rings. The van der Waals surface area contributed by atoms with E-state index in [4.69, 9.17) is 0 Å². The lowest BCUT2D eigenvalue weighted by Gasteiger charge is -2.15. The van der Waals surface area contributed by atoms with Crippen molar-refractivity contribution < 1.29 is 9.59 Å². The van der Waals surface area contributed by atoms with Crippen molar-refractivity contribution in [2.45, 2.75) is 19.3 Å². The molecule has 1 saturated heterocycles. The maximum atomic E-state index is 12.2. The zero-order valence-corrected chi connectivity index (χ0v) is 11.8. The molecule has 2 amide bonds. The summed E-state index contributed by atoms with van der Waals surface area (Å²) in [5.74, 6) is -0.0633. The van der Waals surface area contributed by atoms with Gasteiger partial charge in [-0.05, 0) is 18.9 Å². The number of likely N-dealkylation sites (tertiary alicyclic amines) is 1.